The van der Waals surface area contributed by atoms with Gasteiger partial charge >= 0.3 is 6.03 Å². The molecule has 2 aromatic heterocycles. The molecule has 8 heteroatoms. The first-order valence-corrected chi connectivity index (χ1v) is 8.21. The van der Waals surface area contributed by atoms with Gasteiger partial charge < -0.3 is 15.0 Å². The number of likely N-dealkylation sites (N-methyl/N-ethyl adjacent to an activating group) is 1. The molecule has 0 saturated carbocycles. The number of hydrogen-bond donors (Lipinski definition) is 1. The van der Waals surface area contributed by atoms with E-state index >= 15 is 0 Å². The molecule has 1 fully saturated rings. The first-order valence-electron chi connectivity index (χ1n) is 8.21. The summed E-state index contributed by atoms with van der Waals surface area (Å²) in [6, 6.07) is 3.66. The zero-order valence-electron chi connectivity index (χ0n) is 13.8. The summed E-state index contributed by atoms with van der Waals surface area (Å²) in [5.41, 5.74) is 0.879. The standard InChI is InChI=1S/C16H22N6O2/c1-2-21(10-14-6-4-8-24-14)16(23)19-9-13-5-3-7-18-15(13)22-12-17-11-20-22/h3,5,7,11-12,14H,2,4,6,8-10H2,1H3,(H,19,23)/t14-/m0/s1. The van der Waals surface area contributed by atoms with E-state index in [1.807, 2.05) is 19.1 Å². The summed E-state index contributed by atoms with van der Waals surface area (Å²) in [5, 5.41) is 7.05. The van der Waals surface area contributed by atoms with Crippen LogP contribution in [-0.2, 0) is 11.3 Å². The van der Waals surface area contributed by atoms with Crippen molar-refractivity contribution < 1.29 is 9.53 Å². The van der Waals surface area contributed by atoms with E-state index in [0.29, 0.717) is 25.5 Å². The van der Waals surface area contributed by atoms with Gasteiger partial charge in [0, 0.05) is 38.0 Å². The third-order valence-corrected chi connectivity index (χ3v) is 4.05. The van der Waals surface area contributed by atoms with E-state index in [-0.39, 0.29) is 12.1 Å². The largest absolute Gasteiger partial charge is 0.376 e. The number of nitrogens with zero attached hydrogens (tertiary/aromatic N) is 5. The minimum atomic E-state index is -0.0959. The van der Waals surface area contributed by atoms with Crippen LogP contribution in [0.4, 0.5) is 4.79 Å². The van der Waals surface area contributed by atoms with Crippen LogP contribution >= 0.6 is 0 Å². The highest BCUT2D eigenvalue weighted by Crippen LogP contribution is 2.14. The van der Waals surface area contributed by atoms with Gasteiger partial charge in [0.25, 0.3) is 0 Å². The Hall–Kier alpha value is -2.48. The van der Waals surface area contributed by atoms with Gasteiger partial charge in [-0.3, -0.25) is 0 Å². The van der Waals surface area contributed by atoms with Crippen molar-refractivity contribution in [2.45, 2.75) is 32.4 Å². The van der Waals surface area contributed by atoms with E-state index in [2.05, 4.69) is 20.4 Å². The summed E-state index contributed by atoms with van der Waals surface area (Å²) >= 11 is 0. The average molecular weight is 330 g/mol. The summed E-state index contributed by atoms with van der Waals surface area (Å²) in [6.45, 7) is 4.42. The van der Waals surface area contributed by atoms with Gasteiger partial charge in [-0.1, -0.05) is 6.07 Å². The normalized spacial score (nSPS) is 17.0. The van der Waals surface area contributed by atoms with E-state index in [1.54, 1.807) is 22.1 Å². The van der Waals surface area contributed by atoms with Gasteiger partial charge in [-0.2, -0.15) is 5.10 Å². The van der Waals surface area contributed by atoms with Crippen molar-refractivity contribution in [2.24, 2.45) is 0 Å². The molecule has 1 N–H and O–H groups in total. The number of pyridine rings is 1. The topological polar surface area (TPSA) is 85.2 Å². The molecule has 0 bridgehead atoms. The highest BCUT2D eigenvalue weighted by Gasteiger charge is 2.21. The summed E-state index contributed by atoms with van der Waals surface area (Å²) < 4.78 is 7.20. The molecule has 0 radical (unpaired) electrons. The molecule has 3 heterocycles. The Labute approximate surface area is 140 Å². The van der Waals surface area contributed by atoms with Gasteiger partial charge in [-0.15, -0.1) is 0 Å². The van der Waals surface area contributed by atoms with E-state index in [9.17, 15) is 4.79 Å². The molecule has 0 spiro atoms. The Kier molecular flexibility index (Phi) is 5.37. The van der Waals surface area contributed by atoms with Crippen molar-refractivity contribution in [1.82, 2.24) is 30.0 Å². The number of rotatable bonds is 6. The lowest BCUT2D eigenvalue weighted by Crippen LogP contribution is -2.43. The molecule has 8 nitrogen and oxygen atoms in total. The average Bonchev–Trinajstić information content (AvgIpc) is 3.31. The molecule has 2 amide bonds. The highest BCUT2D eigenvalue weighted by molar-refractivity contribution is 5.74. The maximum atomic E-state index is 12.4. The maximum Gasteiger partial charge on any atom is 0.317 e. The molecular formula is C16H22N6O2. The van der Waals surface area contributed by atoms with Gasteiger partial charge in [0.05, 0.1) is 6.10 Å². The monoisotopic (exact) mass is 330 g/mol. The molecule has 1 aliphatic heterocycles. The number of carbonyl (C=O) groups excluding carboxylic acids is 1. The smallest absolute Gasteiger partial charge is 0.317 e. The zero-order chi connectivity index (χ0) is 16.8. The first kappa shape index (κ1) is 16.4. The molecule has 3 rings (SSSR count). The summed E-state index contributed by atoms with van der Waals surface area (Å²) in [4.78, 5) is 22.5. The second-order valence-corrected chi connectivity index (χ2v) is 5.66. The lowest BCUT2D eigenvalue weighted by atomic mass is 10.2. The third-order valence-electron chi connectivity index (χ3n) is 4.05. The van der Waals surface area contributed by atoms with Crippen LogP contribution in [0.25, 0.3) is 5.82 Å². The molecule has 0 aliphatic carbocycles. The van der Waals surface area contributed by atoms with Gasteiger partial charge in [0.15, 0.2) is 5.82 Å². The Morgan fingerprint density at radius 3 is 3.17 bits per heavy atom. The second-order valence-electron chi connectivity index (χ2n) is 5.66. The number of carbonyl (C=O) groups is 1. The van der Waals surface area contributed by atoms with Crippen molar-refractivity contribution in [1.29, 1.82) is 0 Å². The van der Waals surface area contributed by atoms with Crippen LogP contribution in [0.1, 0.15) is 25.3 Å². The zero-order valence-corrected chi connectivity index (χ0v) is 13.8. The van der Waals surface area contributed by atoms with Gasteiger partial charge in [0.1, 0.15) is 12.7 Å². The van der Waals surface area contributed by atoms with E-state index in [4.69, 9.17) is 4.74 Å². The van der Waals surface area contributed by atoms with Crippen LogP contribution in [0.15, 0.2) is 31.0 Å². The fourth-order valence-electron chi connectivity index (χ4n) is 2.76. The number of amides is 2. The Morgan fingerprint density at radius 2 is 2.46 bits per heavy atom. The molecule has 24 heavy (non-hydrogen) atoms. The van der Waals surface area contributed by atoms with Crippen LogP contribution < -0.4 is 5.32 Å². The van der Waals surface area contributed by atoms with Crippen molar-refractivity contribution in [3.63, 3.8) is 0 Å². The van der Waals surface area contributed by atoms with Gasteiger partial charge in [0.2, 0.25) is 0 Å². The number of aromatic nitrogens is 4. The first-order chi connectivity index (χ1) is 11.8. The van der Waals surface area contributed by atoms with Crippen LogP contribution in [0.5, 0.6) is 0 Å². The van der Waals surface area contributed by atoms with Crippen molar-refractivity contribution >= 4 is 6.03 Å². The number of ether oxygens (including phenoxy) is 1. The minimum absolute atomic E-state index is 0.0959. The maximum absolute atomic E-state index is 12.4. The van der Waals surface area contributed by atoms with Gasteiger partial charge in [-0.25, -0.2) is 19.4 Å². The number of urea groups is 1. The Morgan fingerprint density at radius 1 is 1.54 bits per heavy atom. The fourth-order valence-corrected chi connectivity index (χ4v) is 2.76. The van der Waals surface area contributed by atoms with Crippen LogP contribution in [-0.4, -0.2) is 56.5 Å². The van der Waals surface area contributed by atoms with E-state index in [0.717, 1.165) is 25.0 Å². The summed E-state index contributed by atoms with van der Waals surface area (Å²) in [5.74, 6) is 0.664. The molecule has 0 aromatic carbocycles. The summed E-state index contributed by atoms with van der Waals surface area (Å²) in [7, 11) is 0. The lowest BCUT2D eigenvalue weighted by Gasteiger charge is -2.24. The van der Waals surface area contributed by atoms with E-state index < -0.39 is 0 Å². The molecule has 1 aliphatic rings. The van der Waals surface area contributed by atoms with Gasteiger partial charge in [-0.05, 0) is 25.8 Å². The molecule has 0 unspecified atom stereocenters. The highest BCUT2D eigenvalue weighted by atomic mass is 16.5. The van der Waals surface area contributed by atoms with Crippen LogP contribution in [0.3, 0.4) is 0 Å². The third kappa shape index (κ3) is 3.88. The second kappa shape index (κ2) is 7.87. The number of nitrogens with one attached hydrogen (secondary N) is 1. The SMILES string of the molecule is CCN(C[C@@H]1CCCO1)C(=O)NCc1cccnc1-n1cncn1. The quantitative estimate of drug-likeness (QED) is 0.865. The fraction of sp³-hybridized carbons (Fsp3) is 0.500. The predicted octanol–water partition coefficient (Wildman–Crippen LogP) is 1.37. The van der Waals surface area contributed by atoms with Crippen molar-refractivity contribution in [3.05, 3.63) is 36.5 Å². The molecule has 128 valence electrons. The molecule has 2 aromatic rings. The predicted molar refractivity (Wildman–Crippen MR) is 87.6 cm³/mol. The van der Waals surface area contributed by atoms with Crippen molar-refractivity contribution in [2.75, 3.05) is 19.7 Å². The molecule has 1 saturated heterocycles. The minimum Gasteiger partial charge on any atom is -0.376 e. The molecular weight excluding hydrogens is 308 g/mol. The van der Waals surface area contributed by atoms with Crippen molar-refractivity contribution in [3.8, 4) is 5.82 Å². The van der Waals surface area contributed by atoms with Crippen LogP contribution in [0.2, 0.25) is 0 Å². The summed E-state index contributed by atoms with van der Waals surface area (Å²) in [6.07, 6.45) is 6.97. The Balaban J connectivity index is 1.61. The van der Waals surface area contributed by atoms with Crippen LogP contribution in [0, 0.1) is 0 Å². The molecule has 1 atom stereocenters. The Bertz CT molecular complexity index is 654. The lowest BCUT2D eigenvalue weighted by molar-refractivity contribution is 0.0826. The number of hydrogen-bond acceptors (Lipinski definition) is 5. The van der Waals surface area contributed by atoms with E-state index in [1.165, 1.54) is 6.33 Å².